The molecule has 1 aromatic rings. The van der Waals surface area contributed by atoms with Crippen LogP contribution in [0.15, 0.2) is 23.4 Å². The normalized spacial score (nSPS) is 8.62. The largest absolute Gasteiger partial charge is 0.461 e. The molecule has 0 amide bonds. The van der Waals surface area contributed by atoms with Gasteiger partial charge in [0.2, 0.25) is 0 Å². The molecule has 13 heavy (non-hydrogen) atoms. The molecule has 0 aromatic carbocycles. The fourth-order valence-electron chi connectivity index (χ4n) is 0.778. The second-order valence-corrected chi connectivity index (χ2v) is 2.10. The highest BCUT2D eigenvalue weighted by molar-refractivity contribution is 5.39. The highest BCUT2D eigenvalue weighted by Gasteiger charge is 1.95. The summed E-state index contributed by atoms with van der Waals surface area (Å²) in [5, 5.41) is 3.37. The maximum absolute atomic E-state index is 9.86. The standard InChI is InChI=1S/C7H6N4O2/c8-11-10-6-1-2-9-7(3-6)4-13-5-12/h1-3,5H,4H2. The Bertz CT molecular complexity index is 346. The fraction of sp³-hybridized carbons (Fsp3) is 0.143. The molecule has 0 spiro atoms. The number of rotatable bonds is 4. The van der Waals surface area contributed by atoms with E-state index in [0.717, 1.165) is 0 Å². The summed E-state index contributed by atoms with van der Waals surface area (Å²) in [6, 6.07) is 3.10. The Kier molecular flexibility index (Phi) is 3.29. The molecule has 0 fully saturated rings. The number of carbonyl (C=O) groups is 1. The molecule has 0 aliphatic rings. The Morgan fingerprint density at radius 3 is 3.31 bits per heavy atom. The van der Waals surface area contributed by atoms with Crippen molar-refractivity contribution in [1.82, 2.24) is 4.98 Å². The number of hydrogen-bond acceptors (Lipinski definition) is 4. The summed E-state index contributed by atoms with van der Waals surface area (Å²) < 4.78 is 4.47. The van der Waals surface area contributed by atoms with Crippen molar-refractivity contribution in [3.63, 3.8) is 0 Å². The van der Waals surface area contributed by atoms with E-state index in [1.165, 1.54) is 6.20 Å². The van der Waals surface area contributed by atoms with Crippen molar-refractivity contribution in [3.05, 3.63) is 34.5 Å². The lowest BCUT2D eigenvalue weighted by Gasteiger charge is -1.98. The van der Waals surface area contributed by atoms with E-state index in [0.29, 0.717) is 17.9 Å². The van der Waals surface area contributed by atoms with E-state index in [2.05, 4.69) is 19.7 Å². The van der Waals surface area contributed by atoms with E-state index >= 15 is 0 Å². The zero-order valence-electron chi connectivity index (χ0n) is 6.62. The first-order chi connectivity index (χ1) is 6.36. The minimum Gasteiger partial charge on any atom is -0.461 e. The fourth-order valence-corrected chi connectivity index (χ4v) is 0.778. The van der Waals surface area contributed by atoms with Gasteiger partial charge in [-0.25, -0.2) is 0 Å². The molecule has 66 valence electrons. The first-order valence-electron chi connectivity index (χ1n) is 3.42. The van der Waals surface area contributed by atoms with Gasteiger partial charge >= 0.3 is 0 Å². The van der Waals surface area contributed by atoms with Crippen LogP contribution >= 0.6 is 0 Å². The monoisotopic (exact) mass is 178 g/mol. The molecule has 0 aliphatic carbocycles. The van der Waals surface area contributed by atoms with Crippen LogP contribution in [0.3, 0.4) is 0 Å². The molecule has 0 unspecified atom stereocenters. The molecule has 0 saturated carbocycles. The molecule has 0 bridgehead atoms. The van der Waals surface area contributed by atoms with Crippen LogP contribution in [0.4, 0.5) is 5.69 Å². The Balaban J connectivity index is 2.78. The van der Waals surface area contributed by atoms with Gasteiger partial charge < -0.3 is 4.74 Å². The molecule has 1 rings (SSSR count). The van der Waals surface area contributed by atoms with Gasteiger partial charge in [-0.1, -0.05) is 5.11 Å². The maximum Gasteiger partial charge on any atom is 0.293 e. The van der Waals surface area contributed by atoms with Gasteiger partial charge in [0.25, 0.3) is 6.47 Å². The van der Waals surface area contributed by atoms with Crippen molar-refractivity contribution < 1.29 is 9.53 Å². The molecule has 1 aromatic heterocycles. The van der Waals surface area contributed by atoms with E-state index < -0.39 is 0 Å². The van der Waals surface area contributed by atoms with Gasteiger partial charge in [-0.2, -0.15) is 0 Å². The molecule has 6 heteroatoms. The number of nitrogens with zero attached hydrogens (tertiary/aromatic N) is 4. The van der Waals surface area contributed by atoms with E-state index in [1.807, 2.05) is 0 Å². The van der Waals surface area contributed by atoms with Gasteiger partial charge in [-0.3, -0.25) is 9.78 Å². The molecule has 0 saturated heterocycles. The predicted octanol–water partition coefficient (Wildman–Crippen LogP) is 1.70. The van der Waals surface area contributed by atoms with Crippen LogP contribution in [0.25, 0.3) is 10.4 Å². The maximum atomic E-state index is 9.86. The number of aromatic nitrogens is 1. The predicted molar refractivity (Wildman–Crippen MR) is 43.9 cm³/mol. The van der Waals surface area contributed by atoms with Crippen LogP contribution in [0.5, 0.6) is 0 Å². The lowest BCUT2D eigenvalue weighted by atomic mass is 10.3. The number of ether oxygens (including phenoxy) is 1. The molecular weight excluding hydrogens is 172 g/mol. The van der Waals surface area contributed by atoms with Crippen LogP contribution in [0.2, 0.25) is 0 Å². The first kappa shape index (κ1) is 9.02. The van der Waals surface area contributed by atoms with E-state index in [9.17, 15) is 4.79 Å². The van der Waals surface area contributed by atoms with Crippen molar-refractivity contribution in [2.75, 3.05) is 0 Å². The minimum atomic E-state index is 0.0816. The van der Waals surface area contributed by atoms with Crippen molar-refractivity contribution >= 4 is 12.2 Å². The van der Waals surface area contributed by atoms with Crippen molar-refractivity contribution in [2.24, 2.45) is 5.11 Å². The van der Waals surface area contributed by atoms with Gasteiger partial charge in [0.05, 0.1) is 5.69 Å². The Hall–Kier alpha value is -2.07. The van der Waals surface area contributed by atoms with Crippen LogP contribution in [-0.4, -0.2) is 11.5 Å². The lowest BCUT2D eigenvalue weighted by Crippen LogP contribution is -1.92. The Labute approximate surface area is 73.8 Å². The quantitative estimate of drug-likeness (QED) is 0.304. The van der Waals surface area contributed by atoms with Crippen LogP contribution in [-0.2, 0) is 16.1 Å². The second-order valence-electron chi connectivity index (χ2n) is 2.10. The molecule has 0 atom stereocenters. The van der Waals surface area contributed by atoms with Gasteiger partial charge in [0, 0.05) is 16.8 Å². The average Bonchev–Trinajstić information content (AvgIpc) is 2.16. The van der Waals surface area contributed by atoms with Crippen molar-refractivity contribution in [3.8, 4) is 0 Å². The third-order valence-corrected chi connectivity index (χ3v) is 1.26. The third kappa shape index (κ3) is 2.80. The van der Waals surface area contributed by atoms with Gasteiger partial charge in [-0.05, 0) is 17.7 Å². The van der Waals surface area contributed by atoms with Gasteiger partial charge in [0.1, 0.15) is 6.61 Å². The molecule has 0 aliphatic heterocycles. The Morgan fingerprint density at radius 2 is 2.62 bits per heavy atom. The second kappa shape index (κ2) is 4.74. The topological polar surface area (TPSA) is 88.0 Å². The van der Waals surface area contributed by atoms with Crippen molar-refractivity contribution in [1.29, 1.82) is 0 Å². The van der Waals surface area contributed by atoms with Crippen LogP contribution < -0.4 is 0 Å². The summed E-state index contributed by atoms with van der Waals surface area (Å²) >= 11 is 0. The number of azide groups is 1. The van der Waals surface area contributed by atoms with Gasteiger partial charge in [0.15, 0.2) is 0 Å². The lowest BCUT2D eigenvalue weighted by molar-refractivity contribution is -0.129. The number of hydrogen-bond donors (Lipinski definition) is 0. The van der Waals surface area contributed by atoms with E-state index in [1.54, 1.807) is 12.1 Å². The first-order valence-corrected chi connectivity index (χ1v) is 3.42. The summed E-state index contributed by atoms with van der Waals surface area (Å²) in [5.41, 5.74) is 9.12. The number of carbonyl (C=O) groups excluding carboxylic acids is 1. The summed E-state index contributed by atoms with van der Waals surface area (Å²) in [6.07, 6.45) is 1.48. The van der Waals surface area contributed by atoms with E-state index in [4.69, 9.17) is 5.53 Å². The zero-order valence-corrected chi connectivity index (χ0v) is 6.62. The molecular formula is C7H6N4O2. The molecule has 6 nitrogen and oxygen atoms in total. The van der Waals surface area contributed by atoms with Crippen LogP contribution in [0, 0.1) is 0 Å². The highest BCUT2D eigenvalue weighted by atomic mass is 16.5. The summed E-state index contributed by atoms with van der Waals surface area (Å²) in [4.78, 5) is 16.4. The zero-order chi connectivity index (χ0) is 9.52. The minimum absolute atomic E-state index is 0.0816. The SMILES string of the molecule is [N-]=[N+]=Nc1ccnc(COC=O)c1. The molecule has 0 radical (unpaired) electrons. The summed E-state index contributed by atoms with van der Waals surface area (Å²) in [7, 11) is 0. The van der Waals surface area contributed by atoms with Crippen molar-refractivity contribution in [2.45, 2.75) is 6.61 Å². The van der Waals surface area contributed by atoms with E-state index in [-0.39, 0.29) is 6.61 Å². The van der Waals surface area contributed by atoms with Crippen LogP contribution in [0.1, 0.15) is 5.69 Å². The summed E-state index contributed by atoms with van der Waals surface area (Å²) in [6.45, 7) is 0.417. The molecule has 1 heterocycles. The third-order valence-electron chi connectivity index (χ3n) is 1.26. The summed E-state index contributed by atoms with van der Waals surface area (Å²) in [5.74, 6) is 0. The smallest absolute Gasteiger partial charge is 0.293 e. The highest BCUT2D eigenvalue weighted by Crippen LogP contribution is 2.12. The average molecular weight is 178 g/mol. The molecule has 0 N–H and O–H groups in total. The van der Waals surface area contributed by atoms with Gasteiger partial charge in [-0.15, -0.1) is 0 Å². The number of pyridine rings is 1. The Morgan fingerprint density at radius 1 is 1.77 bits per heavy atom.